The average molecular weight is 625 g/mol. The van der Waals surface area contributed by atoms with Gasteiger partial charge in [-0.3, -0.25) is 5.32 Å². The minimum atomic E-state index is -1.52. The van der Waals surface area contributed by atoms with Crippen LogP contribution in [0.25, 0.3) is 11.1 Å². The van der Waals surface area contributed by atoms with Crippen LogP contribution in [0.2, 0.25) is 0 Å². The van der Waals surface area contributed by atoms with Crippen LogP contribution in [-0.2, 0) is 15.1 Å². The molecule has 238 valence electrons. The van der Waals surface area contributed by atoms with E-state index in [1.165, 1.54) is 5.56 Å². The topological polar surface area (TPSA) is 87.7 Å². The van der Waals surface area contributed by atoms with Gasteiger partial charge in [0.25, 0.3) is 0 Å². The Bertz CT molecular complexity index is 1750. The third-order valence-electron chi connectivity index (χ3n) is 9.34. The lowest BCUT2D eigenvalue weighted by Gasteiger charge is -2.37. The maximum absolute atomic E-state index is 13.1. The van der Waals surface area contributed by atoms with Gasteiger partial charge in [0.2, 0.25) is 0 Å². The lowest BCUT2D eigenvalue weighted by atomic mass is 9.76. The number of aryl methyl sites for hydroxylation is 1. The molecule has 0 saturated heterocycles. The first kappa shape index (κ1) is 31.8. The number of amides is 1. The van der Waals surface area contributed by atoms with Crippen LogP contribution in [0.4, 0.5) is 4.79 Å². The van der Waals surface area contributed by atoms with Gasteiger partial charge in [0, 0.05) is 5.92 Å². The second-order valence-corrected chi connectivity index (χ2v) is 12.5. The predicted octanol–water partition coefficient (Wildman–Crippen LogP) is 8.04. The van der Waals surface area contributed by atoms with Crippen molar-refractivity contribution in [2.45, 2.75) is 43.7 Å². The summed E-state index contributed by atoms with van der Waals surface area (Å²) in [5.41, 5.74) is 6.68. The Kier molecular flexibility index (Phi) is 9.23. The van der Waals surface area contributed by atoms with Gasteiger partial charge in [0.05, 0.1) is 5.54 Å². The number of hydrogen-bond acceptors (Lipinski definition) is 4. The summed E-state index contributed by atoms with van der Waals surface area (Å²) >= 11 is 0. The number of carboxylic acids is 1. The van der Waals surface area contributed by atoms with Crippen LogP contribution >= 0.6 is 0 Å². The third-order valence-corrected chi connectivity index (χ3v) is 9.34. The molecule has 6 heteroatoms. The van der Waals surface area contributed by atoms with Crippen molar-refractivity contribution in [3.05, 3.63) is 167 Å². The van der Waals surface area contributed by atoms with E-state index >= 15 is 0 Å². The summed E-state index contributed by atoms with van der Waals surface area (Å²) < 4.78 is 5.70. The molecular formula is C41H40N2O4. The van der Waals surface area contributed by atoms with E-state index in [4.69, 9.17) is 4.74 Å². The predicted molar refractivity (Wildman–Crippen MR) is 185 cm³/mol. The Labute approximate surface area is 276 Å². The van der Waals surface area contributed by atoms with Gasteiger partial charge in [-0.2, -0.15) is 0 Å². The Morgan fingerprint density at radius 2 is 1.19 bits per heavy atom. The van der Waals surface area contributed by atoms with Gasteiger partial charge >= 0.3 is 12.1 Å². The Morgan fingerprint density at radius 3 is 1.72 bits per heavy atom. The van der Waals surface area contributed by atoms with E-state index in [1.807, 2.05) is 60.7 Å². The van der Waals surface area contributed by atoms with Gasteiger partial charge in [-0.05, 0) is 72.2 Å². The second-order valence-electron chi connectivity index (χ2n) is 12.5. The molecule has 0 aliphatic heterocycles. The second kappa shape index (κ2) is 13.7. The van der Waals surface area contributed by atoms with Crippen molar-refractivity contribution in [2.75, 3.05) is 13.2 Å². The molecule has 1 amide bonds. The van der Waals surface area contributed by atoms with Crippen LogP contribution in [0.3, 0.4) is 0 Å². The van der Waals surface area contributed by atoms with E-state index in [-0.39, 0.29) is 18.9 Å². The van der Waals surface area contributed by atoms with Crippen LogP contribution in [0.1, 0.15) is 59.1 Å². The molecule has 0 bridgehead atoms. The first-order valence-electron chi connectivity index (χ1n) is 16.1. The SMILES string of the molecule is Cc1ccc(C(NCCC[C@](C)(NC(=O)OCC2c3ccccc3-c3ccccc32)C(=O)O)(c2ccccc2)c2ccccc2)cc1. The number of carboxylic acid groups (broad SMARTS) is 1. The number of carbonyl (C=O) groups is 2. The molecule has 0 aromatic heterocycles. The number of ether oxygens (including phenoxy) is 1. The number of fused-ring (bicyclic) bond motifs is 3. The zero-order valence-electron chi connectivity index (χ0n) is 26.8. The molecule has 5 aromatic rings. The van der Waals surface area contributed by atoms with Crippen molar-refractivity contribution in [1.29, 1.82) is 0 Å². The Balaban J connectivity index is 1.16. The zero-order chi connectivity index (χ0) is 32.9. The minimum absolute atomic E-state index is 0.112. The van der Waals surface area contributed by atoms with Gasteiger partial charge in [0.15, 0.2) is 0 Å². The average Bonchev–Trinajstić information content (AvgIpc) is 3.42. The number of rotatable bonds is 12. The lowest BCUT2D eigenvalue weighted by Crippen LogP contribution is -2.53. The zero-order valence-corrected chi connectivity index (χ0v) is 26.8. The number of hydrogen-bond donors (Lipinski definition) is 3. The molecule has 0 radical (unpaired) electrons. The lowest BCUT2D eigenvalue weighted by molar-refractivity contribution is -0.144. The standard InChI is InChI=1S/C41H40N2O4/c1-29-22-24-32(25-23-29)41(30-14-5-3-6-15-30,31-16-7-4-8-17-31)42-27-13-26-40(2,38(44)45)43-39(46)47-28-37-35-20-11-9-18-33(35)34-19-10-12-21-36(34)37/h3-12,14-25,37,42H,13,26-28H2,1-2H3,(H,43,46)(H,44,45)/t40-/m0/s1. The summed E-state index contributed by atoms with van der Waals surface area (Å²) in [7, 11) is 0. The molecule has 0 unspecified atom stereocenters. The number of aliphatic carboxylic acids is 1. The summed E-state index contributed by atoms with van der Waals surface area (Å²) in [5.74, 6) is -1.22. The quantitative estimate of drug-likeness (QED) is 0.0966. The summed E-state index contributed by atoms with van der Waals surface area (Å²) in [6.45, 7) is 4.22. The summed E-state index contributed by atoms with van der Waals surface area (Å²) in [6, 6.07) is 45.3. The van der Waals surface area contributed by atoms with Gasteiger partial charge < -0.3 is 15.2 Å². The number of benzene rings is 5. The molecule has 0 heterocycles. The molecular weight excluding hydrogens is 584 g/mol. The number of alkyl carbamates (subject to hydrolysis) is 1. The van der Waals surface area contributed by atoms with Crippen LogP contribution in [0.5, 0.6) is 0 Å². The van der Waals surface area contributed by atoms with Crippen LogP contribution < -0.4 is 10.6 Å². The van der Waals surface area contributed by atoms with E-state index < -0.39 is 23.1 Å². The van der Waals surface area contributed by atoms with Gasteiger partial charge in [0.1, 0.15) is 12.1 Å². The Morgan fingerprint density at radius 1 is 0.702 bits per heavy atom. The van der Waals surface area contributed by atoms with Crippen LogP contribution in [-0.4, -0.2) is 35.9 Å². The maximum atomic E-state index is 13.1. The molecule has 6 nitrogen and oxygen atoms in total. The highest BCUT2D eigenvalue weighted by atomic mass is 16.5. The highest BCUT2D eigenvalue weighted by Gasteiger charge is 2.38. The fourth-order valence-corrected chi connectivity index (χ4v) is 6.79. The van der Waals surface area contributed by atoms with Crippen LogP contribution in [0, 0.1) is 6.92 Å². The summed E-state index contributed by atoms with van der Waals surface area (Å²) in [5, 5.41) is 16.7. The first-order valence-corrected chi connectivity index (χ1v) is 16.1. The van der Waals surface area contributed by atoms with Gasteiger partial charge in [-0.1, -0.05) is 139 Å². The molecule has 3 N–H and O–H groups in total. The molecule has 0 saturated carbocycles. The van der Waals surface area contributed by atoms with Crippen molar-refractivity contribution < 1.29 is 19.4 Å². The summed E-state index contributed by atoms with van der Waals surface area (Å²) in [4.78, 5) is 25.6. The maximum Gasteiger partial charge on any atom is 0.408 e. The van der Waals surface area contributed by atoms with Crippen LogP contribution in [0.15, 0.2) is 133 Å². The molecule has 1 aliphatic carbocycles. The van der Waals surface area contributed by atoms with E-state index in [1.54, 1.807) is 6.92 Å². The van der Waals surface area contributed by atoms with E-state index in [2.05, 4.69) is 90.4 Å². The van der Waals surface area contributed by atoms with E-state index in [0.29, 0.717) is 13.0 Å². The van der Waals surface area contributed by atoms with E-state index in [0.717, 1.165) is 38.9 Å². The molecule has 6 rings (SSSR count). The fraction of sp³-hybridized carbons (Fsp3) is 0.220. The summed E-state index contributed by atoms with van der Waals surface area (Å²) in [6.07, 6.45) is -0.0559. The number of carbonyl (C=O) groups excluding carboxylic acids is 1. The minimum Gasteiger partial charge on any atom is -0.480 e. The van der Waals surface area contributed by atoms with Crippen molar-refractivity contribution >= 4 is 12.1 Å². The van der Waals surface area contributed by atoms with Gasteiger partial charge in [-0.15, -0.1) is 0 Å². The fourth-order valence-electron chi connectivity index (χ4n) is 6.79. The highest BCUT2D eigenvalue weighted by molar-refractivity contribution is 5.84. The Hall–Kier alpha value is -5.20. The monoisotopic (exact) mass is 624 g/mol. The molecule has 1 atom stereocenters. The smallest absolute Gasteiger partial charge is 0.408 e. The largest absolute Gasteiger partial charge is 0.480 e. The normalized spacial score (nSPS) is 13.7. The molecule has 47 heavy (non-hydrogen) atoms. The van der Waals surface area contributed by atoms with Gasteiger partial charge in [-0.25, -0.2) is 9.59 Å². The first-order chi connectivity index (χ1) is 22.8. The molecule has 5 aromatic carbocycles. The van der Waals surface area contributed by atoms with Crippen molar-refractivity contribution in [1.82, 2.24) is 10.6 Å². The molecule has 0 fully saturated rings. The van der Waals surface area contributed by atoms with Crippen molar-refractivity contribution in [3.8, 4) is 11.1 Å². The van der Waals surface area contributed by atoms with E-state index in [9.17, 15) is 14.7 Å². The van der Waals surface area contributed by atoms with Crippen molar-refractivity contribution in [2.24, 2.45) is 0 Å². The molecule has 0 spiro atoms. The highest BCUT2D eigenvalue weighted by Crippen LogP contribution is 2.44. The number of nitrogens with one attached hydrogen (secondary N) is 2. The van der Waals surface area contributed by atoms with Crippen molar-refractivity contribution in [3.63, 3.8) is 0 Å². The molecule has 1 aliphatic rings. The third kappa shape index (κ3) is 6.42.